The van der Waals surface area contributed by atoms with E-state index in [-0.39, 0.29) is 24.1 Å². The van der Waals surface area contributed by atoms with Gasteiger partial charge in [-0.1, -0.05) is 23.2 Å². The van der Waals surface area contributed by atoms with Gasteiger partial charge >= 0.3 is 5.97 Å². The number of benzene rings is 2. The van der Waals surface area contributed by atoms with Crippen LogP contribution in [0, 0.1) is 5.82 Å². The van der Waals surface area contributed by atoms with Gasteiger partial charge in [-0.2, -0.15) is 0 Å². The van der Waals surface area contributed by atoms with Crippen molar-refractivity contribution in [2.24, 2.45) is 0 Å². The molecule has 1 heterocycles. The van der Waals surface area contributed by atoms with Crippen LogP contribution in [0.2, 0.25) is 10.0 Å². The lowest BCUT2D eigenvalue weighted by atomic mass is 9.98. The van der Waals surface area contributed by atoms with E-state index in [2.05, 4.69) is 4.90 Å². The molecule has 1 aliphatic heterocycles. The van der Waals surface area contributed by atoms with Crippen molar-refractivity contribution in [3.8, 4) is 0 Å². The number of hydrogen-bond donors (Lipinski definition) is 1. The minimum Gasteiger partial charge on any atom is -0.478 e. The predicted molar refractivity (Wildman–Crippen MR) is 118 cm³/mol. The minimum absolute atomic E-state index is 0. The van der Waals surface area contributed by atoms with Gasteiger partial charge in [-0.25, -0.2) is 9.18 Å². The molecule has 0 spiro atoms. The Hall–Kier alpha value is -1.37. The van der Waals surface area contributed by atoms with E-state index in [1.807, 2.05) is 12.1 Å². The Morgan fingerprint density at radius 1 is 1.17 bits per heavy atom. The van der Waals surface area contributed by atoms with Crippen LogP contribution in [0.15, 0.2) is 30.3 Å². The standard InChI is InChI=1S/C22H22Cl2FNO3.ClH/c23-16-5-13(6-17(24)9-16)7-18-12-26(3-4-29-18)11-15-8-21(25)20(22(27)28)10-19(15)14-1-2-14;/h5-6,8-10,14,18H,1-4,7,11-12H2,(H,27,28);1H/t18-;/m1./s1. The minimum atomic E-state index is -1.22. The molecule has 8 heteroatoms. The molecule has 2 aromatic rings. The molecule has 4 rings (SSSR count). The average Bonchev–Trinajstić information content (AvgIpc) is 3.46. The summed E-state index contributed by atoms with van der Waals surface area (Å²) in [6.07, 6.45) is 2.74. The molecule has 2 aliphatic rings. The Morgan fingerprint density at radius 2 is 1.87 bits per heavy atom. The quantitative estimate of drug-likeness (QED) is 0.594. The summed E-state index contributed by atoms with van der Waals surface area (Å²) < 4.78 is 20.2. The van der Waals surface area contributed by atoms with Crippen molar-refractivity contribution in [3.05, 3.63) is 68.4 Å². The first-order valence-corrected chi connectivity index (χ1v) is 10.5. The molecule has 1 atom stereocenters. The molecular formula is C22H23Cl3FNO3. The highest BCUT2D eigenvalue weighted by Gasteiger charge is 2.30. The zero-order valence-electron chi connectivity index (χ0n) is 16.2. The van der Waals surface area contributed by atoms with Crippen molar-refractivity contribution in [1.29, 1.82) is 0 Å². The molecule has 0 amide bonds. The van der Waals surface area contributed by atoms with Crippen LogP contribution in [0.5, 0.6) is 0 Å². The summed E-state index contributed by atoms with van der Waals surface area (Å²) in [6.45, 7) is 2.63. The van der Waals surface area contributed by atoms with Gasteiger partial charge in [0.2, 0.25) is 0 Å². The lowest BCUT2D eigenvalue weighted by Gasteiger charge is -2.33. The van der Waals surface area contributed by atoms with E-state index in [9.17, 15) is 14.3 Å². The number of ether oxygens (including phenoxy) is 1. The zero-order chi connectivity index (χ0) is 20.5. The monoisotopic (exact) mass is 473 g/mol. The summed E-state index contributed by atoms with van der Waals surface area (Å²) in [5.74, 6) is -1.55. The Morgan fingerprint density at radius 3 is 2.50 bits per heavy atom. The van der Waals surface area contributed by atoms with Crippen molar-refractivity contribution in [3.63, 3.8) is 0 Å². The summed E-state index contributed by atoms with van der Waals surface area (Å²) in [6, 6.07) is 8.41. The number of nitrogens with zero attached hydrogens (tertiary/aromatic N) is 1. The number of hydrogen-bond acceptors (Lipinski definition) is 3. The van der Waals surface area contributed by atoms with Crippen molar-refractivity contribution in [2.45, 2.75) is 37.8 Å². The number of carboxylic acids is 1. The van der Waals surface area contributed by atoms with Gasteiger partial charge in [-0.3, -0.25) is 4.90 Å². The highest BCUT2D eigenvalue weighted by atomic mass is 35.5. The van der Waals surface area contributed by atoms with Gasteiger partial charge in [0.05, 0.1) is 18.3 Å². The van der Waals surface area contributed by atoms with Crippen LogP contribution in [0.25, 0.3) is 0 Å². The third kappa shape index (κ3) is 5.65. The Bertz CT molecular complexity index is 916. The van der Waals surface area contributed by atoms with Gasteiger partial charge in [-0.05, 0) is 72.2 Å². The van der Waals surface area contributed by atoms with Crippen molar-refractivity contribution < 1.29 is 19.0 Å². The molecular weight excluding hydrogens is 452 g/mol. The highest BCUT2D eigenvalue weighted by Crippen LogP contribution is 2.42. The van der Waals surface area contributed by atoms with Crippen molar-refractivity contribution in [2.75, 3.05) is 19.7 Å². The van der Waals surface area contributed by atoms with E-state index < -0.39 is 11.8 Å². The normalized spacial score (nSPS) is 19.4. The molecule has 4 nitrogen and oxygen atoms in total. The van der Waals surface area contributed by atoms with Crippen molar-refractivity contribution >= 4 is 41.6 Å². The zero-order valence-corrected chi connectivity index (χ0v) is 18.6. The predicted octanol–water partition coefficient (Wildman–Crippen LogP) is 5.57. The van der Waals surface area contributed by atoms with E-state index in [4.69, 9.17) is 27.9 Å². The van der Waals surface area contributed by atoms with Crippen LogP contribution in [0.1, 0.15) is 45.8 Å². The molecule has 1 aliphatic carbocycles. The number of aromatic carboxylic acids is 1. The molecule has 0 unspecified atom stereocenters. The molecule has 30 heavy (non-hydrogen) atoms. The number of halogens is 4. The maximum Gasteiger partial charge on any atom is 0.338 e. The van der Waals surface area contributed by atoms with Gasteiger partial charge in [0.1, 0.15) is 5.82 Å². The first-order valence-electron chi connectivity index (χ1n) is 9.73. The number of carboxylic acid groups (broad SMARTS) is 1. The highest BCUT2D eigenvalue weighted by molar-refractivity contribution is 6.34. The Balaban J connectivity index is 0.00000256. The second-order valence-electron chi connectivity index (χ2n) is 7.82. The van der Waals surface area contributed by atoms with E-state index in [0.29, 0.717) is 42.1 Å². The summed E-state index contributed by atoms with van der Waals surface area (Å²) >= 11 is 12.2. The van der Waals surface area contributed by atoms with E-state index >= 15 is 0 Å². The SMILES string of the molecule is Cl.O=C(O)c1cc(C2CC2)c(CN2CCO[C@H](Cc3cc(Cl)cc(Cl)c3)C2)cc1F. The summed E-state index contributed by atoms with van der Waals surface area (Å²) in [5.41, 5.74) is 2.62. The molecule has 1 saturated carbocycles. The van der Waals surface area contributed by atoms with Gasteiger partial charge in [0.15, 0.2) is 0 Å². The third-order valence-electron chi connectivity index (χ3n) is 5.48. The fourth-order valence-electron chi connectivity index (χ4n) is 3.99. The third-order valence-corrected chi connectivity index (χ3v) is 5.92. The maximum absolute atomic E-state index is 14.3. The first kappa shape index (κ1) is 23.3. The fourth-order valence-corrected chi connectivity index (χ4v) is 4.56. The van der Waals surface area contributed by atoms with Crippen LogP contribution >= 0.6 is 35.6 Å². The van der Waals surface area contributed by atoms with E-state index in [1.165, 1.54) is 12.1 Å². The summed E-state index contributed by atoms with van der Waals surface area (Å²) in [7, 11) is 0. The van der Waals surface area contributed by atoms with Crippen LogP contribution in [-0.4, -0.2) is 41.8 Å². The fraction of sp³-hybridized carbons (Fsp3) is 0.409. The molecule has 2 fully saturated rings. The number of carbonyl (C=O) groups is 1. The van der Waals surface area contributed by atoms with E-state index in [0.717, 1.165) is 36.1 Å². The molecule has 1 N–H and O–H groups in total. The Kier molecular flexibility index (Phi) is 7.64. The van der Waals surface area contributed by atoms with Gasteiger partial charge in [-0.15, -0.1) is 12.4 Å². The summed E-state index contributed by atoms with van der Waals surface area (Å²) in [5, 5.41) is 10.4. The van der Waals surface area contributed by atoms with Gasteiger partial charge < -0.3 is 9.84 Å². The smallest absolute Gasteiger partial charge is 0.338 e. The second kappa shape index (κ2) is 9.84. The maximum atomic E-state index is 14.3. The van der Waals surface area contributed by atoms with Crippen LogP contribution in [0.4, 0.5) is 4.39 Å². The number of morpholine rings is 1. The molecule has 0 bridgehead atoms. The molecule has 0 radical (unpaired) electrons. The molecule has 2 aromatic carbocycles. The molecule has 1 saturated heterocycles. The Labute approximate surface area is 191 Å². The lowest BCUT2D eigenvalue weighted by molar-refractivity contribution is -0.0305. The van der Waals surface area contributed by atoms with Crippen LogP contribution in [-0.2, 0) is 17.7 Å². The van der Waals surface area contributed by atoms with Crippen LogP contribution in [0.3, 0.4) is 0 Å². The molecule has 162 valence electrons. The largest absolute Gasteiger partial charge is 0.478 e. The summed E-state index contributed by atoms with van der Waals surface area (Å²) in [4.78, 5) is 13.5. The van der Waals surface area contributed by atoms with Gasteiger partial charge in [0.25, 0.3) is 0 Å². The second-order valence-corrected chi connectivity index (χ2v) is 8.69. The van der Waals surface area contributed by atoms with E-state index in [1.54, 1.807) is 6.07 Å². The topological polar surface area (TPSA) is 49.8 Å². The average molecular weight is 475 g/mol. The van der Waals surface area contributed by atoms with Crippen molar-refractivity contribution in [1.82, 2.24) is 4.90 Å². The first-order chi connectivity index (χ1) is 13.9. The van der Waals surface area contributed by atoms with Crippen LogP contribution < -0.4 is 0 Å². The number of rotatable bonds is 6. The van der Waals surface area contributed by atoms with Gasteiger partial charge in [0, 0.05) is 29.7 Å². The molecule has 0 aromatic heterocycles. The lowest BCUT2D eigenvalue weighted by Crippen LogP contribution is -2.43.